The van der Waals surface area contributed by atoms with Gasteiger partial charge in [-0.1, -0.05) is 13.8 Å². The molecule has 1 heterocycles. The lowest BCUT2D eigenvalue weighted by molar-refractivity contribution is 0.281. The van der Waals surface area contributed by atoms with E-state index in [1.54, 1.807) is 6.20 Å². The number of nitrogens with zero attached hydrogens (tertiary/aromatic N) is 2. The Balaban J connectivity index is 2.72. The van der Waals surface area contributed by atoms with Gasteiger partial charge < -0.3 is 5.11 Å². The Labute approximate surface area is 73.0 Å². The molecule has 1 N–H and O–H groups in total. The Morgan fingerprint density at radius 2 is 2.17 bits per heavy atom. The van der Waals surface area contributed by atoms with Gasteiger partial charge in [0, 0.05) is 11.8 Å². The SMILES string of the molecule is CCC(CC)n1cc(CO)cn1. The third-order valence-electron chi connectivity index (χ3n) is 2.15. The van der Waals surface area contributed by atoms with Gasteiger partial charge in [0.2, 0.25) is 0 Å². The molecule has 3 nitrogen and oxygen atoms in total. The van der Waals surface area contributed by atoms with Crippen LogP contribution in [0.3, 0.4) is 0 Å². The first-order valence-corrected chi connectivity index (χ1v) is 4.45. The molecule has 0 bridgehead atoms. The van der Waals surface area contributed by atoms with E-state index in [9.17, 15) is 0 Å². The molecule has 0 aromatic carbocycles. The number of hydrogen-bond acceptors (Lipinski definition) is 2. The molecule has 0 radical (unpaired) electrons. The van der Waals surface area contributed by atoms with Crippen molar-refractivity contribution < 1.29 is 5.11 Å². The van der Waals surface area contributed by atoms with Gasteiger partial charge in [0.1, 0.15) is 0 Å². The van der Waals surface area contributed by atoms with Gasteiger partial charge in [0.25, 0.3) is 0 Å². The highest BCUT2D eigenvalue weighted by Crippen LogP contribution is 2.14. The van der Waals surface area contributed by atoms with Crippen LogP contribution in [0.1, 0.15) is 38.3 Å². The van der Waals surface area contributed by atoms with E-state index in [1.165, 1.54) is 0 Å². The molecule has 0 aliphatic heterocycles. The lowest BCUT2D eigenvalue weighted by Gasteiger charge is -2.11. The van der Waals surface area contributed by atoms with Crippen molar-refractivity contribution in [3.05, 3.63) is 18.0 Å². The summed E-state index contributed by atoms with van der Waals surface area (Å²) in [7, 11) is 0. The summed E-state index contributed by atoms with van der Waals surface area (Å²) in [4.78, 5) is 0. The fourth-order valence-corrected chi connectivity index (χ4v) is 1.32. The highest BCUT2D eigenvalue weighted by atomic mass is 16.3. The van der Waals surface area contributed by atoms with Gasteiger partial charge in [-0.05, 0) is 12.8 Å². The first-order valence-electron chi connectivity index (χ1n) is 4.45. The summed E-state index contributed by atoms with van der Waals surface area (Å²) >= 11 is 0. The minimum atomic E-state index is 0.0835. The van der Waals surface area contributed by atoms with Crippen molar-refractivity contribution in [1.29, 1.82) is 0 Å². The van der Waals surface area contributed by atoms with Crippen LogP contribution in [0.2, 0.25) is 0 Å². The molecular formula is C9H16N2O. The molecule has 0 aliphatic carbocycles. The molecule has 0 spiro atoms. The average Bonchev–Trinajstić information content (AvgIpc) is 2.55. The summed E-state index contributed by atoms with van der Waals surface area (Å²) in [5.74, 6) is 0. The molecule has 0 unspecified atom stereocenters. The summed E-state index contributed by atoms with van der Waals surface area (Å²) in [5, 5.41) is 13.0. The van der Waals surface area contributed by atoms with E-state index in [0.717, 1.165) is 18.4 Å². The van der Waals surface area contributed by atoms with Gasteiger partial charge in [0.15, 0.2) is 0 Å². The number of aliphatic hydroxyl groups excluding tert-OH is 1. The van der Waals surface area contributed by atoms with E-state index >= 15 is 0 Å². The highest BCUT2D eigenvalue weighted by Gasteiger charge is 2.06. The second kappa shape index (κ2) is 4.26. The third kappa shape index (κ3) is 1.85. The second-order valence-corrected chi connectivity index (χ2v) is 2.96. The summed E-state index contributed by atoms with van der Waals surface area (Å²) in [6.45, 7) is 4.38. The van der Waals surface area contributed by atoms with Crippen molar-refractivity contribution in [3.8, 4) is 0 Å². The molecule has 68 valence electrons. The zero-order valence-corrected chi connectivity index (χ0v) is 7.70. The molecule has 3 heteroatoms. The Bertz CT molecular complexity index is 228. The fraction of sp³-hybridized carbons (Fsp3) is 0.667. The van der Waals surface area contributed by atoms with Gasteiger partial charge >= 0.3 is 0 Å². The molecule has 0 fully saturated rings. The predicted molar refractivity (Wildman–Crippen MR) is 47.8 cm³/mol. The van der Waals surface area contributed by atoms with Gasteiger partial charge in [-0.2, -0.15) is 5.10 Å². The summed E-state index contributed by atoms with van der Waals surface area (Å²) in [6, 6.07) is 0.477. The number of aromatic nitrogens is 2. The molecule has 1 aromatic rings. The van der Waals surface area contributed by atoms with E-state index < -0.39 is 0 Å². The quantitative estimate of drug-likeness (QED) is 0.743. The maximum absolute atomic E-state index is 8.82. The molecule has 0 atom stereocenters. The average molecular weight is 168 g/mol. The van der Waals surface area contributed by atoms with Crippen molar-refractivity contribution in [2.75, 3.05) is 0 Å². The summed E-state index contributed by atoms with van der Waals surface area (Å²) in [6.07, 6.45) is 5.81. The molecule has 1 aromatic heterocycles. The van der Waals surface area contributed by atoms with Crippen LogP contribution in [0.5, 0.6) is 0 Å². The molecule has 0 amide bonds. The third-order valence-corrected chi connectivity index (χ3v) is 2.15. The van der Waals surface area contributed by atoms with E-state index in [1.807, 2.05) is 10.9 Å². The van der Waals surface area contributed by atoms with Crippen molar-refractivity contribution in [3.63, 3.8) is 0 Å². The maximum atomic E-state index is 8.82. The van der Waals surface area contributed by atoms with Crippen LogP contribution in [0.4, 0.5) is 0 Å². The van der Waals surface area contributed by atoms with Crippen LogP contribution < -0.4 is 0 Å². The van der Waals surface area contributed by atoms with Gasteiger partial charge in [-0.3, -0.25) is 4.68 Å². The Kier molecular flexibility index (Phi) is 3.29. The van der Waals surface area contributed by atoms with Crippen molar-refractivity contribution in [1.82, 2.24) is 9.78 Å². The minimum Gasteiger partial charge on any atom is -0.392 e. The van der Waals surface area contributed by atoms with Crippen LogP contribution in [0.15, 0.2) is 12.4 Å². The Hall–Kier alpha value is -0.830. The lowest BCUT2D eigenvalue weighted by Crippen LogP contribution is -2.06. The zero-order valence-electron chi connectivity index (χ0n) is 7.70. The van der Waals surface area contributed by atoms with Gasteiger partial charge in [-0.25, -0.2) is 0 Å². The smallest absolute Gasteiger partial charge is 0.0712 e. The molecule has 0 saturated carbocycles. The molecule has 0 saturated heterocycles. The number of rotatable bonds is 4. The molecule has 12 heavy (non-hydrogen) atoms. The zero-order chi connectivity index (χ0) is 8.97. The van der Waals surface area contributed by atoms with Gasteiger partial charge in [-0.15, -0.1) is 0 Å². The van der Waals surface area contributed by atoms with Gasteiger partial charge in [0.05, 0.1) is 18.8 Å². The van der Waals surface area contributed by atoms with E-state index in [2.05, 4.69) is 18.9 Å². The minimum absolute atomic E-state index is 0.0835. The maximum Gasteiger partial charge on any atom is 0.0712 e. The van der Waals surface area contributed by atoms with Crippen molar-refractivity contribution in [2.24, 2.45) is 0 Å². The standard InChI is InChI=1S/C9H16N2O/c1-3-9(4-2)11-6-8(7-12)5-10-11/h5-6,9,12H,3-4,7H2,1-2H3. The first kappa shape index (κ1) is 9.26. The van der Waals surface area contributed by atoms with Crippen LogP contribution in [-0.2, 0) is 6.61 Å². The van der Waals surface area contributed by atoms with Crippen molar-refractivity contribution in [2.45, 2.75) is 39.3 Å². The normalized spacial score (nSPS) is 11.0. The lowest BCUT2D eigenvalue weighted by atomic mass is 10.2. The van der Waals surface area contributed by atoms with Crippen LogP contribution in [0, 0.1) is 0 Å². The first-order chi connectivity index (χ1) is 5.81. The van der Waals surface area contributed by atoms with E-state index in [4.69, 9.17) is 5.11 Å². The van der Waals surface area contributed by atoms with Crippen molar-refractivity contribution >= 4 is 0 Å². The number of aliphatic hydroxyl groups is 1. The summed E-state index contributed by atoms with van der Waals surface area (Å²) in [5.41, 5.74) is 0.891. The largest absolute Gasteiger partial charge is 0.392 e. The van der Waals surface area contributed by atoms with Crippen LogP contribution in [0.25, 0.3) is 0 Å². The molecular weight excluding hydrogens is 152 g/mol. The molecule has 1 rings (SSSR count). The van der Waals surface area contributed by atoms with E-state index in [-0.39, 0.29) is 6.61 Å². The monoisotopic (exact) mass is 168 g/mol. The second-order valence-electron chi connectivity index (χ2n) is 2.96. The molecule has 0 aliphatic rings. The van der Waals surface area contributed by atoms with Crippen LogP contribution >= 0.6 is 0 Å². The van der Waals surface area contributed by atoms with E-state index in [0.29, 0.717) is 6.04 Å². The fourth-order valence-electron chi connectivity index (χ4n) is 1.32. The Morgan fingerprint density at radius 3 is 2.58 bits per heavy atom. The Morgan fingerprint density at radius 1 is 1.50 bits per heavy atom. The highest BCUT2D eigenvalue weighted by molar-refractivity contribution is 5.02. The van der Waals surface area contributed by atoms with Crippen LogP contribution in [-0.4, -0.2) is 14.9 Å². The summed E-state index contributed by atoms with van der Waals surface area (Å²) < 4.78 is 1.94. The topological polar surface area (TPSA) is 38.0 Å². The predicted octanol–water partition coefficient (Wildman–Crippen LogP) is 1.74. The number of hydrogen-bond donors (Lipinski definition) is 1.